The Hall–Kier alpha value is -5.02. The van der Waals surface area contributed by atoms with Crippen LogP contribution >= 0.6 is 22.7 Å². The van der Waals surface area contributed by atoms with E-state index in [4.69, 9.17) is 0 Å². The van der Waals surface area contributed by atoms with Crippen molar-refractivity contribution in [3.63, 3.8) is 0 Å². The summed E-state index contributed by atoms with van der Waals surface area (Å²) in [6.07, 6.45) is 21.9. The SMILES string of the molecule is CCCCCCc1ccc2cc(/C=C/c3cc4cc5cc6cc7sc(/C=C/c8ccc9cc(CCCCCC)ccc9c8)cc7cc6cc5cc4s3)ccc2c1. The summed E-state index contributed by atoms with van der Waals surface area (Å²) in [6.45, 7) is 4.55. The molecule has 0 saturated heterocycles. The molecule has 7 aromatic carbocycles. The largest absolute Gasteiger partial charge is 0.136 e. The molecule has 0 spiro atoms. The minimum absolute atomic E-state index is 1.18. The lowest BCUT2D eigenvalue weighted by Crippen LogP contribution is -1.86. The maximum atomic E-state index is 2.38. The summed E-state index contributed by atoms with van der Waals surface area (Å²) in [5, 5.41) is 13.1. The molecule has 0 nitrogen and oxygen atoms in total. The van der Waals surface area contributed by atoms with Crippen molar-refractivity contribution in [2.45, 2.75) is 78.1 Å². The fourth-order valence-electron chi connectivity index (χ4n) is 8.30. The van der Waals surface area contributed by atoms with Gasteiger partial charge in [0.15, 0.2) is 0 Å². The topological polar surface area (TPSA) is 0 Å². The number of unbranched alkanes of at least 4 members (excludes halogenated alkanes) is 6. The smallest absolute Gasteiger partial charge is 0.0355 e. The van der Waals surface area contributed by atoms with Gasteiger partial charge in [0.1, 0.15) is 0 Å². The molecule has 278 valence electrons. The summed E-state index contributed by atoms with van der Waals surface area (Å²) in [5.74, 6) is 0. The third kappa shape index (κ3) is 8.24. The zero-order chi connectivity index (χ0) is 37.8. The van der Waals surface area contributed by atoms with Gasteiger partial charge < -0.3 is 0 Å². The minimum Gasteiger partial charge on any atom is -0.136 e. The fourth-order valence-corrected chi connectivity index (χ4v) is 10.3. The van der Waals surface area contributed by atoms with Crippen molar-refractivity contribution in [2.75, 3.05) is 0 Å². The van der Waals surface area contributed by atoms with E-state index in [2.05, 4.69) is 159 Å². The first-order valence-electron chi connectivity index (χ1n) is 20.8. The molecule has 2 heterocycles. The molecule has 0 aliphatic carbocycles. The summed E-state index contributed by atoms with van der Waals surface area (Å²) in [5.41, 5.74) is 5.41. The van der Waals surface area contributed by atoms with E-state index in [1.807, 2.05) is 22.7 Å². The molecule has 0 aliphatic rings. The molecule has 0 fully saturated rings. The van der Waals surface area contributed by atoms with Gasteiger partial charge in [-0.1, -0.05) is 125 Å². The second-order valence-electron chi connectivity index (χ2n) is 15.8. The van der Waals surface area contributed by atoms with Crippen molar-refractivity contribution in [2.24, 2.45) is 0 Å². The van der Waals surface area contributed by atoms with Gasteiger partial charge in [-0.15, -0.1) is 22.7 Å². The van der Waals surface area contributed by atoms with E-state index in [1.54, 1.807) is 0 Å². The van der Waals surface area contributed by atoms with Crippen molar-refractivity contribution in [1.82, 2.24) is 0 Å². The summed E-state index contributed by atoms with van der Waals surface area (Å²) in [6, 6.07) is 46.7. The number of hydrogen-bond acceptors (Lipinski definition) is 2. The molecule has 9 rings (SSSR count). The molecule has 0 atom stereocenters. The Morgan fingerprint density at radius 1 is 0.339 bits per heavy atom. The first-order valence-corrected chi connectivity index (χ1v) is 22.5. The van der Waals surface area contributed by atoms with Crippen LogP contribution in [0.5, 0.6) is 0 Å². The maximum Gasteiger partial charge on any atom is 0.0355 e. The normalized spacial score (nSPS) is 12.3. The van der Waals surface area contributed by atoms with Crippen LogP contribution in [0.1, 0.15) is 97.2 Å². The van der Waals surface area contributed by atoms with E-state index in [0.29, 0.717) is 0 Å². The molecule has 0 bridgehead atoms. The lowest BCUT2D eigenvalue weighted by atomic mass is 10.0. The maximum absolute atomic E-state index is 2.38. The van der Waals surface area contributed by atoms with E-state index in [0.717, 1.165) is 0 Å². The van der Waals surface area contributed by atoms with Crippen LogP contribution in [0.2, 0.25) is 0 Å². The fraction of sp³-hybridized carbons (Fsp3) is 0.222. The van der Waals surface area contributed by atoms with Crippen LogP contribution in [0.15, 0.2) is 121 Å². The molecule has 0 unspecified atom stereocenters. The van der Waals surface area contributed by atoms with Gasteiger partial charge in [0.25, 0.3) is 0 Å². The zero-order valence-electron chi connectivity index (χ0n) is 32.7. The van der Waals surface area contributed by atoms with Crippen LogP contribution in [0.25, 0.3) is 87.6 Å². The average Bonchev–Trinajstić information content (AvgIpc) is 3.82. The third-order valence-electron chi connectivity index (χ3n) is 11.5. The third-order valence-corrected chi connectivity index (χ3v) is 13.6. The standard InChI is InChI=1S/C54H50S2/c1-3-5-7-9-11-37-13-19-43-27-39(15-21-41(43)25-37)17-23-51-33-49-31-45-29-48-36-54-50(32-46(48)30-47(45)35-53(49)55-51)34-52(56-54)24-18-40-16-22-42-26-38(12-10-8-6-4-2)14-20-44(42)28-40/h13-36H,3-12H2,1-2H3/b23-17+,24-18+. The molecular weight excluding hydrogens is 713 g/mol. The number of benzene rings is 7. The van der Waals surface area contributed by atoms with Crippen molar-refractivity contribution >= 4 is 110 Å². The van der Waals surface area contributed by atoms with E-state index in [-0.39, 0.29) is 0 Å². The molecule has 9 aromatic rings. The van der Waals surface area contributed by atoms with Crippen LogP contribution in [0.4, 0.5) is 0 Å². The Bertz CT molecular complexity index is 2610. The summed E-state index contributed by atoms with van der Waals surface area (Å²) in [4.78, 5) is 2.57. The highest BCUT2D eigenvalue weighted by atomic mass is 32.1. The lowest BCUT2D eigenvalue weighted by Gasteiger charge is -2.05. The van der Waals surface area contributed by atoms with Crippen LogP contribution in [-0.2, 0) is 12.8 Å². The Morgan fingerprint density at radius 2 is 0.750 bits per heavy atom. The zero-order valence-corrected chi connectivity index (χ0v) is 34.4. The molecule has 0 amide bonds. The van der Waals surface area contributed by atoms with Crippen LogP contribution in [0, 0.1) is 0 Å². The minimum atomic E-state index is 1.18. The first-order chi connectivity index (χ1) is 27.6. The van der Waals surface area contributed by atoms with Gasteiger partial charge in [0.2, 0.25) is 0 Å². The summed E-state index contributed by atoms with van der Waals surface area (Å²) < 4.78 is 2.67. The molecule has 0 N–H and O–H groups in total. The van der Waals surface area contributed by atoms with Crippen molar-refractivity contribution < 1.29 is 0 Å². The van der Waals surface area contributed by atoms with Gasteiger partial charge >= 0.3 is 0 Å². The van der Waals surface area contributed by atoms with E-state index in [1.165, 1.54) is 159 Å². The number of fused-ring (bicyclic) bond motifs is 6. The number of rotatable bonds is 14. The van der Waals surface area contributed by atoms with Crippen molar-refractivity contribution in [3.8, 4) is 0 Å². The second kappa shape index (κ2) is 16.6. The van der Waals surface area contributed by atoms with Crippen LogP contribution in [0.3, 0.4) is 0 Å². The number of hydrogen-bond donors (Lipinski definition) is 0. The quantitative estimate of drug-likeness (QED) is 0.0764. The van der Waals surface area contributed by atoms with Crippen LogP contribution < -0.4 is 0 Å². The van der Waals surface area contributed by atoms with Gasteiger partial charge in [-0.3, -0.25) is 0 Å². The van der Waals surface area contributed by atoms with E-state index < -0.39 is 0 Å². The van der Waals surface area contributed by atoms with E-state index in [9.17, 15) is 0 Å². The Morgan fingerprint density at radius 3 is 1.21 bits per heavy atom. The summed E-state index contributed by atoms with van der Waals surface area (Å²) >= 11 is 3.75. The van der Waals surface area contributed by atoms with Crippen molar-refractivity contribution in [3.05, 3.63) is 153 Å². The first kappa shape index (κ1) is 36.6. The predicted molar refractivity (Wildman–Crippen MR) is 254 cm³/mol. The molecular formula is C54H50S2. The van der Waals surface area contributed by atoms with Crippen molar-refractivity contribution in [1.29, 1.82) is 0 Å². The highest BCUT2D eigenvalue weighted by Gasteiger charge is 2.08. The highest BCUT2D eigenvalue weighted by molar-refractivity contribution is 7.20. The average molecular weight is 763 g/mol. The van der Waals surface area contributed by atoms with Crippen LogP contribution in [-0.4, -0.2) is 0 Å². The number of thiophene rings is 2. The molecule has 0 saturated carbocycles. The molecule has 2 aromatic heterocycles. The molecule has 0 radical (unpaired) electrons. The van der Waals surface area contributed by atoms with Gasteiger partial charge in [-0.2, -0.15) is 0 Å². The number of aryl methyl sites for hydroxylation is 2. The summed E-state index contributed by atoms with van der Waals surface area (Å²) in [7, 11) is 0. The van der Waals surface area contributed by atoms with Gasteiger partial charge in [-0.25, -0.2) is 0 Å². The predicted octanol–water partition coefficient (Wildman–Crippen LogP) is 17.3. The van der Waals surface area contributed by atoms with E-state index >= 15 is 0 Å². The van der Waals surface area contributed by atoms with Gasteiger partial charge in [0.05, 0.1) is 0 Å². The Balaban J connectivity index is 0.905. The second-order valence-corrected chi connectivity index (χ2v) is 18.0. The highest BCUT2D eigenvalue weighted by Crippen LogP contribution is 2.36. The van der Waals surface area contributed by atoms with Gasteiger partial charge in [-0.05, 0) is 175 Å². The Kier molecular flexibility index (Phi) is 10.9. The monoisotopic (exact) mass is 762 g/mol. The Labute approximate surface area is 339 Å². The molecule has 56 heavy (non-hydrogen) atoms. The lowest BCUT2D eigenvalue weighted by molar-refractivity contribution is 0.667. The van der Waals surface area contributed by atoms with Gasteiger partial charge in [0, 0.05) is 19.2 Å². The molecule has 0 aliphatic heterocycles. The molecule has 2 heteroatoms.